The van der Waals surface area contributed by atoms with Gasteiger partial charge in [0, 0.05) is 12.1 Å². The Labute approximate surface area is 102 Å². The molecule has 0 aliphatic heterocycles. The molecule has 0 heterocycles. The van der Waals surface area contributed by atoms with Crippen molar-refractivity contribution in [2.24, 2.45) is 11.8 Å². The van der Waals surface area contributed by atoms with Gasteiger partial charge in [0.1, 0.15) is 0 Å². The van der Waals surface area contributed by atoms with Gasteiger partial charge in [-0.25, -0.2) is 0 Å². The molecule has 1 N–H and O–H groups in total. The van der Waals surface area contributed by atoms with Crippen molar-refractivity contribution in [1.29, 1.82) is 0 Å². The molecule has 0 aromatic rings. The van der Waals surface area contributed by atoms with E-state index in [0.29, 0.717) is 6.04 Å². The van der Waals surface area contributed by atoms with Crippen LogP contribution >= 0.6 is 0 Å². The molecule has 1 aliphatic carbocycles. The highest BCUT2D eigenvalue weighted by molar-refractivity contribution is 4.79. The third-order valence-corrected chi connectivity index (χ3v) is 3.89. The van der Waals surface area contributed by atoms with Crippen molar-refractivity contribution < 1.29 is 0 Å². The molecule has 0 amide bonds. The van der Waals surface area contributed by atoms with Gasteiger partial charge in [-0.05, 0) is 50.9 Å². The molecule has 0 aromatic heterocycles. The van der Waals surface area contributed by atoms with Gasteiger partial charge >= 0.3 is 0 Å². The van der Waals surface area contributed by atoms with E-state index in [1.165, 1.54) is 44.9 Å². The van der Waals surface area contributed by atoms with Gasteiger partial charge in [-0.3, -0.25) is 0 Å². The molecule has 1 fully saturated rings. The molecule has 1 unspecified atom stereocenters. The van der Waals surface area contributed by atoms with Crippen LogP contribution in [-0.2, 0) is 0 Å². The smallest absolute Gasteiger partial charge is 0.00697 e. The summed E-state index contributed by atoms with van der Waals surface area (Å²) in [5, 5.41) is 3.81. The molecular weight excluding hydrogens is 194 g/mol. The van der Waals surface area contributed by atoms with Gasteiger partial charge in [0.15, 0.2) is 0 Å². The maximum absolute atomic E-state index is 3.81. The van der Waals surface area contributed by atoms with Crippen molar-refractivity contribution in [1.82, 2.24) is 5.32 Å². The summed E-state index contributed by atoms with van der Waals surface area (Å²) in [7, 11) is 0. The van der Waals surface area contributed by atoms with Crippen LogP contribution in [0.15, 0.2) is 0 Å². The van der Waals surface area contributed by atoms with Gasteiger partial charge in [-0.1, -0.05) is 33.6 Å². The zero-order valence-electron chi connectivity index (χ0n) is 11.8. The van der Waals surface area contributed by atoms with Gasteiger partial charge in [0.2, 0.25) is 0 Å². The maximum atomic E-state index is 3.81. The van der Waals surface area contributed by atoms with Crippen LogP contribution in [0.5, 0.6) is 0 Å². The Bertz CT molecular complexity index is 168. The Balaban J connectivity index is 2.16. The van der Waals surface area contributed by atoms with Crippen molar-refractivity contribution in [2.75, 3.05) is 0 Å². The lowest BCUT2D eigenvalue weighted by molar-refractivity contribution is 0.258. The first-order valence-corrected chi connectivity index (χ1v) is 7.37. The van der Waals surface area contributed by atoms with E-state index < -0.39 is 0 Å². The first-order chi connectivity index (χ1) is 7.61. The molecule has 0 saturated heterocycles. The fraction of sp³-hybridized carbons (Fsp3) is 1.00. The number of hydrogen-bond acceptors (Lipinski definition) is 1. The SMILES string of the molecule is CCCC1CCC(NC(C)CC(C)C)CC1. The Hall–Kier alpha value is -0.0400. The van der Waals surface area contributed by atoms with E-state index in [1.54, 1.807) is 0 Å². The van der Waals surface area contributed by atoms with Gasteiger partial charge in [0.25, 0.3) is 0 Å². The Morgan fingerprint density at radius 1 is 1.06 bits per heavy atom. The highest BCUT2D eigenvalue weighted by atomic mass is 14.9. The first kappa shape index (κ1) is 14.0. The van der Waals surface area contributed by atoms with Crippen LogP contribution < -0.4 is 5.32 Å². The lowest BCUT2D eigenvalue weighted by atomic mass is 9.83. The molecule has 1 saturated carbocycles. The third-order valence-electron chi connectivity index (χ3n) is 3.89. The molecule has 1 nitrogen and oxygen atoms in total. The van der Waals surface area contributed by atoms with Crippen molar-refractivity contribution in [2.45, 2.75) is 84.7 Å². The molecule has 1 heteroatoms. The van der Waals surface area contributed by atoms with Crippen molar-refractivity contribution in [3.05, 3.63) is 0 Å². The summed E-state index contributed by atoms with van der Waals surface area (Å²) >= 11 is 0. The molecule has 0 aromatic carbocycles. The molecule has 16 heavy (non-hydrogen) atoms. The quantitative estimate of drug-likeness (QED) is 0.708. The summed E-state index contributed by atoms with van der Waals surface area (Å²) < 4.78 is 0. The predicted octanol–water partition coefficient (Wildman–Crippen LogP) is 4.37. The Kier molecular flexibility index (Phi) is 6.41. The molecular formula is C15H31N. The van der Waals surface area contributed by atoms with Crippen molar-refractivity contribution in [3.8, 4) is 0 Å². The largest absolute Gasteiger partial charge is 0.311 e. The van der Waals surface area contributed by atoms with Crippen molar-refractivity contribution >= 4 is 0 Å². The summed E-state index contributed by atoms with van der Waals surface area (Å²) in [4.78, 5) is 0. The molecule has 0 radical (unpaired) electrons. The number of hydrogen-bond donors (Lipinski definition) is 1. The van der Waals surface area contributed by atoms with E-state index in [4.69, 9.17) is 0 Å². The topological polar surface area (TPSA) is 12.0 Å². The lowest BCUT2D eigenvalue weighted by Crippen LogP contribution is -2.39. The number of nitrogens with one attached hydrogen (secondary N) is 1. The Morgan fingerprint density at radius 2 is 1.69 bits per heavy atom. The fourth-order valence-corrected chi connectivity index (χ4v) is 3.20. The van der Waals surface area contributed by atoms with E-state index >= 15 is 0 Å². The highest BCUT2D eigenvalue weighted by Gasteiger charge is 2.21. The monoisotopic (exact) mass is 225 g/mol. The zero-order chi connectivity index (χ0) is 12.0. The predicted molar refractivity (Wildman–Crippen MR) is 72.7 cm³/mol. The van der Waals surface area contributed by atoms with E-state index in [2.05, 4.69) is 33.0 Å². The molecule has 96 valence electrons. The minimum absolute atomic E-state index is 0.702. The van der Waals surface area contributed by atoms with Crippen LogP contribution in [0, 0.1) is 11.8 Å². The average molecular weight is 225 g/mol. The summed E-state index contributed by atoms with van der Waals surface area (Å²) in [6.07, 6.45) is 9.87. The van der Waals surface area contributed by atoms with E-state index in [1.807, 2.05) is 0 Å². The third kappa shape index (κ3) is 5.34. The highest BCUT2D eigenvalue weighted by Crippen LogP contribution is 2.28. The van der Waals surface area contributed by atoms with Crippen LogP contribution in [0.1, 0.15) is 72.6 Å². The lowest BCUT2D eigenvalue weighted by Gasteiger charge is -2.31. The average Bonchev–Trinajstić information content (AvgIpc) is 2.20. The van der Waals surface area contributed by atoms with Crippen LogP contribution in [0.2, 0.25) is 0 Å². The van der Waals surface area contributed by atoms with E-state index in [9.17, 15) is 0 Å². The minimum atomic E-state index is 0.702. The first-order valence-electron chi connectivity index (χ1n) is 7.37. The minimum Gasteiger partial charge on any atom is -0.311 e. The summed E-state index contributed by atoms with van der Waals surface area (Å²) in [6.45, 7) is 9.29. The van der Waals surface area contributed by atoms with E-state index in [-0.39, 0.29) is 0 Å². The van der Waals surface area contributed by atoms with Crippen molar-refractivity contribution in [3.63, 3.8) is 0 Å². The fourth-order valence-electron chi connectivity index (χ4n) is 3.20. The maximum Gasteiger partial charge on any atom is 0.00697 e. The van der Waals surface area contributed by atoms with Crippen LogP contribution in [-0.4, -0.2) is 12.1 Å². The van der Waals surface area contributed by atoms with Crippen LogP contribution in [0.25, 0.3) is 0 Å². The van der Waals surface area contributed by atoms with Gasteiger partial charge in [-0.15, -0.1) is 0 Å². The zero-order valence-corrected chi connectivity index (χ0v) is 11.8. The molecule has 1 rings (SSSR count). The second kappa shape index (κ2) is 7.32. The number of rotatable bonds is 6. The van der Waals surface area contributed by atoms with Crippen LogP contribution in [0.4, 0.5) is 0 Å². The molecule has 0 bridgehead atoms. The summed E-state index contributed by atoms with van der Waals surface area (Å²) in [5.74, 6) is 1.85. The van der Waals surface area contributed by atoms with Gasteiger partial charge in [0.05, 0.1) is 0 Å². The second-order valence-electron chi connectivity index (χ2n) is 6.20. The Morgan fingerprint density at radius 3 is 2.19 bits per heavy atom. The standard InChI is InChI=1S/C15H31N/c1-5-6-14-7-9-15(10-8-14)16-13(4)11-12(2)3/h12-16H,5-11H2,1-4H3. The molecule has 0 spiro atoms. The molecule has 1 atom stereocenters. The normalized spacial score (nSPS) is 28.3. The summed E-state index contributed by atoms with van der Waals surface area (Å²) in [6, 6.07) is 1.51. The van der Waals surface area contributed by atoms with Gasteiger partial charge < -0.3 is 5.32 Å². The summed E-state index contributed by atoms with van der Waals surface area (Å²) in [5.41, 5.74) is 0. The van der Waals surface area contributed by atoms with Gasteiger partial charge in [-0.2, -0.15) is 0 Å². The van der Waals surface area contributed by atoms with E-state index in [0.717, 1.165) is 17.9 Å². The molecule has 1 aliphatic rings. The second-order valence-corrected chi connectivity index (χ2v) is 6.20. The van der Waals surface area contributed by atoms with Crippen LogP contribution in [0.3, 0.4) is 0 Å².